The summed E-state index contributed by atoms with van der Waals surface area (Å²) in [6.07, 6.45) is 4.69. The van der Waals surface area contributed by atoms with Crippen molar-refractivity contribution in [1.82, 2.24) is 15.5 Å². The van der Waals surface area contributed by atoms with Gasteiger partial charge in [-0.1, -0.05) is 42.5 Å². The van der Waals surface area contributed by atoms with Crippen LogP contribution in [0.3, 0.4) is 0 Å². The van der Waals surface area contributed by atoms with Gasteiger partial charge in [0.05, 0.1) is 24.1 Å². The molecule has 1 aromatic rings. The number of hydrogen-bond acceptors (Lipinski definition) is 7. The van der Waals surface area contributed by atoms with Crippen LogP contribution in [0.2, 0.25) is 0 Å². The fraction of sp³-hybridized carbons (Fsp3) is 0.556. The Bertz CT molecular complexity index is 979. The molecule has 1 fully saturated rings. The van der Waals surface area contributed by atoms with Gasteiger partial charge in [0.2, 0.25) is 11.8 Å². The summed E-state index contributed by atoms with van der Waals surface area (Å²) in [5.41, 5.74) is -0.0764. The number of rotatable bonds is 6. The molecule has 37 heavy (non-hydrogen) atoms. The molecule has 3 amide bonds. The van der Waals surface area contributed by atoms with Crippen molar-refractivity contribution >= 4 is 23.9 Å². The predicted octanol–water partition coefficient (Wildman–Crippen LogP) is 2.06. The number of allylic oxidation sites excluding steroid dienone is 1. The fourth-order valence-electron chi connectivity index (χ4n) is 4.40. The Labute approximate surface area is 217 Å². The number of nitrogens with one attached hydrogen (secondary N) is 2. The molecule has 10 nitrogen and oxygen atoms in total. The first-order chi connectivity index (χ1) is 17.7. The van der Waals surface area contributed by atoms with Gasteiger partial charge in [0.25, 0.3) is 0 Å². The van der Waals surface area contributed by atoms with Crippen molar-refractivity contribution in [1.29, 1.82) is 0 Å². The average molecular weight is 516 g/mol. The largest absolute Gasteiger partial charge is 0.462 e. The Hall–Kier alpha value is -3.40. The van der Waals surface area contributed by atoms with Gasteiger partial charge in [0.1, 0.15) is 19.3 Å². The van der Waals surface area contributed by atoms with E-state index in [-0.39, 0.29) is 56.9 Å². The quantitative estimate of drug-likeness (QED) is 0.390. The Morgan fingerprint density at radius 3 is 2.65 bits per heavy atom. The minimum absolute atomic E-state index is 0.00995. The third-order valence-corrected chi connectivity index (χ3v) is 6.49. The minimum atomic E-state index is -0.972. The fourth-order valence-corrected chi connectivity index (χ4v) is 4.40. The molecule has 2 aliphatic heterocycles. The highest BCUT2D eigenvalue weighted by Gasteiger charge is 2.34. The van der Waals surface area contributed by atoms with Crippen LogP contribution in [-0.4, -0.2) is 71.3 Å². The molecular weight excluding hydrogens is 478 g/mol. The number of aliphatic hydroxyl groups excluding tert-OH is 1. The van der Waals surface area contributed by atoms with Crippen molar-refractivity contribution in [3.05, 3.63) is 48.0 Å². The summed E-state index contributed by atoms with van der Waals surface area (Å²) in [5.74, 6) is -1.74. The van der Waals surface area contributed by atoms with Crippen LogP contribution in [0.1, 0.15) is 51.5 Å². The lowest BCUT2D eigenvalue weighted by atomic mass is 9.96. The van der Waals surface area contributed by atoms with Gasteiger partial charge in [-0.25, -0.2) is 9.59 Å². The number of alkyl carbamates (subject to hydrolysis) is 1. The van der Waals surface area contributed by atoms with Gasteiger partial charge >= 0.3 is 12.1 Å². The van der Waals surface area contributed by atoms with E-state index in [0.717, 1.165) is 18.4 Å². The maximum Gasteiger partial charge on any atom is 0.408 e. The second kappa shape index (κ2) is 13.2. The van der Waals surface area contributed by atoms with Crippen LogP contribution < -0.4 is 10.6 Å². The molecule has 0 bridgehead atoms. The average Bonchev–Trinajstić information content (AvgIpc) is 3.36. The van der Waals surface area contributed by atoms with Crippen molar-refractivity contribution < 1.29 is 33.8 Å². The summed E-state index contributed by atoms with van der Waals surface area (Å²) in [5, 5.41) is 15.0. The molecule has 1 saturated heterocycles. The lowest BCUT2D eigenvalue weighted by Gasteiger charge is -2.30. The molecule has 0 aliphatic carbocycles. The second-order valence-corrected chi connectivity index (χ2v) is 10.1. The van der Waals surface area contributed by atoms with Crippen LogP contribution in [0.4, 0.5) is 4.79 Å². The monoisotopic (exact) mass is 515 g/mol. The zero-order chi connectivity index (χ0) is 26.8. The van der Waals surface area contributed by atoms with Gasteiger partial charge in [-0.05, 0) is 45.1 Å². The third-order valence-electron chi connectivity index (χ3n) is 6.49. The highest BCUT2D eigenvalue weighted by molar-refractivity contribution is 5.87. The summed E-state index contributed by atoms with van der Waals surface area (Å²) in [4.78, 5) is 52.7. The van der Waals surface area contributed by atoms with Crippen LogP contribution in [0, 0.1) is 5.92 Å². The Balaban J connectivity index is 1.65. The number of amides is 3. The van der Waals surface area contributed by atoms with Crippen LogP contribution >= 0.6 is 0 Å². The zero-order valence-electron chi connectivity index (χ0n) is 21.5. The summed E-state index contributed by atoms with van der Waals surface area (Å²) in [6, 6.07) is 8.00. The molecule has 0 unspecified atom stereocenters. The number of ether oxygens (including phenoxy) is 2. The van der Waals surface area contributed by atoms with Crippen molar-refractivity contribution in [2.75, 3.05) is 19.8 Å². The topological polar surface area (TPSA) is 134 Å². The molecule has 3 atom stereocenters. The summed E-state index contributed by atoms with van der Waals surface area (Å²) < 4.78 is 10.7. The molecule has 202 valence electrons. The summed E-state index contributed by atoms with van der Waals surface area (Å²) in [7, 11) is 0. The SMILES string of the molecule is CC1(C)COC(=O)[C@H](NC(=O)OCc2ccccc2)CC=CC[C@H](CC(=O)N2CCC[C@H]2CO)C(=O)N1. The van der Waals surface area contributed by atoms with Gasteiger partial charge in [0.15, 0.2) is 0 Å². The zero-order valence-corrected chi connectivity index (χ0v) is 21.5. The minimum Gasteiger partial charge on any atom is -0.462 e. The van der Waals surface area contributed by atoms with Crippen LogP contribution in [0.15, 0.2) is 42.5 Å². The summed E-state index contributed by atoms with van der Waals surface area (Å²) >= 11 is 0. The molecular formula is C27H37N3O7. The smallest absolute Gasteiger partial charge is 0.408 e. The first-order valence-corrected chi connectivity index (χ1v) is 12.7. The van der Waals surface area contributed by atoms with Gasteiger partial charge in [-0.3, -0.25) is 9.59 Å². The second-order valence-electron chi connectivity index (χ2n) is 10.1. The Morgan fingerprint density at radius 2 is 1.92 bits per heavy atom. The third kappa shape index (κ3) is 8.59. The number of nitrogens with zero attached hydrogens (tertiary/aromatic N) is 1. The number of aliphatic hydroxyl groups is 1. The van der Waals surface area contributed by atoms with E-state index < -0.39 is 29.6 Å². The molecule has 0 aromatic heterocycles. The van der Waals surface area contributed by atoms with E-state index in [0.29, 0.717) is 6.54 Å². The molecule has 0 saturated carbocycles. The van der Waals surface area contributed by atoms with Crippen molar-refractivity contribution in [2.45, 2.75) is 70.2 Å². The van der Waals surface area contributed by atoms with Gasteiger partial charge in [-0.15, -0.1) is 0 Å². The van der Waals surface area contributed by atoms with E-state index in [1.54, 1.807) is 30.9 Å². The molecule has 2 aliphatic rings. The van der Waals surface area contributed by atoms with Crippen molar-refractivity contribution in [3.63, 3.8) is 0 Å². The highest BCUT2D eigenvalue weighted by atomic mass is 16.6. The Morgan fingerprint density at radius 1 is 1.19 bits per heavy atom. The van der Waals surface area contributed by atoms with E-state index >= 15 is 0 Å². The first kappa shape index (κ1) is 28.2. The van der Waals surface area contributed by atoms with Crippen LogP contribution in [-0.2, 0) is 30.5 Å². The van der Waals surface area contributed by atoms with Gasteiger partial charge < -0.3 is 30.1 Å². The molecule has 3 N–H and O–H groups in total. The predicted molar refractivity (Wildman–Crippen MR) is 135 cm³/mol. The van der Waals surface area contributed by atoms with E-state index in [1.807, 2.05) is 30.3 Å². The maximum absolute atomic E-state index is 13.0. The molecule has 3 rings (SSSR count). The van der Waals surface area contributed by atoms with Crippen LogP contribution in [0.25, 0.3) is 0 Å². The van der Waals surface area contributed by atoms with E-state index in [4.69, 9.17) is 9.47 Å². The number of hydrogen-bond donors (Lipinski definition) is 3. The molecule has 0 spiro atoms. The lowest BCUT2D eigenvalue weighted by Crippen LogP contribution is -2.51. The number of esters is 1. The van der Waals surface area contributed by atoms with Crippen molar-refractivity contribution in [2.24, 2.45) is 5.92 Å². The first-order valence-electron chi connectivity index (χ1n) is 12.7. The van der Waals surface area contributed by atoms with Crippen molar-refractivity contribution in [3.8, 4) is 0 Å². The number of carbonyl (C=O) groups is 4. The van der Waals surface area contributed by atoms with E-state index in [2.05, 4.69) is 10.6 Å². The maximum atomic E-state index is 13.0. The number of likely N-dealkylation sites (tertiary alicyclic amines) is 1. The molecule has 1 aromatic carbocycles. The van der Waals surface area contributed by atoms with E-state index in [1.165, 1.54) is 0 Å². The highest BCUT2D eigenvalue weighted by Crippen LogP contribution is 2.22. The number of cyclic esters (lactones) is 1. The van der Waals surface area contributed by atoms with Gasteiger partial charge in [-0.2, -0.15) is 0 Å². The van der Waals surface area contributed by atoms with E-state index in [9.17, 15) is 24.3 Å². The molecule has 10 heteroatoms. The standard InChI is InChI=1S/C27H37N3O7/c1-27(2)18-37-25(34)22(28-26(35)36-17-19-9-4-3-5-10-19)13-7-6-11-20(24(33)29-27)15-23(32)30-14-8-12-21(30)16-31/h3-7,9-10,20-22,31H,8,11-18H2,1-2H3,(H,28,35)(H,29,33)/t20-,21+,22-/m1/s1. The summed E-state index contributed by atoms with van der Waals surface area (Å²) in [6.45, 7) is 3.87. The molecule has 0 radical (unpaired) electrons. The normalized spacial score (nSPS) is 24.3. The van der Waals surface area contributed by atoms with Crippen LogP contribution in [0.5, 0.6) is 0 Å². The Kier molecular flexibility index (Phi) is 10.1. The number of carbonyl (C=O) groups excluding carboxylic acids is 4. The lowest BCUT2D eigenvalue weighted by molar-refractivity contribution is -0.149. The number of benzene rings is 1. The molecule has 2 heterocycles. The van der Waals surface area contributed by atoms with Gasteiger partial charge in [0, 0.05) is 13.0 Å².